The highest BCUT2D eigenvalue weighted by Crippen LogP contribution is 2.25. The molecule has 0 spiro atoms. The second-order valence-corrected chi connectivity index (χ2v) is 7.61. The summed E-state index contributed by atoms with van der Waals surface area (Å²) in [4.78, 5) is 0. The lowest BCUT2D eigenvalue weighted by molar-refractivity contribution is -0.00243. The molecule has 4 N–H and O–H groups in total. The first-order chi connectivity index (χ1) is 13.5. The van der Waals surface area contributed by atoms with Crippen molar-refractivity contribution in [3.05, 3.63) is 47.5 Å². The molecule has 2 aromatic carbocycles. The van der Waals surface area contributed by atoms with Crippen molar-refractivity contribution in [1.29, 1.82) is 0 Å². The van der Waals surface area contributed by atoms with Gasteiger partial charge in [-0.1, -0.05) is 51.5 Å². The zero-order valence-corrected chi connectivity index (χ0v) is 17.7. The smallest absolute Gasteiger partial charge is 0.241 e. The highest BCUT2D eigenvalue weighted by Gasteiger charge is 2.14. The zero-order valence-electron chi connectivity index (χ0n) is 17.7. The van der Waals surface area contributed by atoms with Crippen molar-refractivity contribution in [2.24, 2.45) is 0 Å². The van der Waals surface area contributed by atoms with Crippen molar-refractivity contribution in [3.63, 3.8) is 0 Å². The van der Waals surface area contributed by atoms with Crippen molar-refractivity contribution in [3.8, 4) is 11.5 Å². The predicted octanol–water partition coefficient (Wildman–Crippen LogP) is 6.39. The van der Waals surface area contributed by atoms with Crippen LogP contribution in [0, 0.1) is 13.8 Å². The number of benzene rings is 2. The van der Waals surface area contributed by atoms with Gasteiger partial charge in [0.05, 0.1) is 0 Å². The summed E-state index contributed by atoms with van der Waals surface area (Å²) in [5, 5.41) is 0. The van der Waals surface area contributed by atoms with Crippen LogP contribution in [0.4, 0.5) is 11.4 Å². The van der Waals surface area contributed by atoms with Crippen LogP contribution in [0.1, 0.15) is 69.4 Å². The molecule has 4 nitrogen and oxygen atoms in total. The number of aryl methyl sites for hydroxylation is 2. The van der Waals surface area contributed by atoms with Gasteiger partial charge < -0.3 is 20.9 Å². The molecule has 0 aliphatic carbocycles. The third-order valence-corrected chi connectivity index (χ3v) is 5.07. The van der Waals surface area contributed by atoms with E-state index >= 15 is 0 Å². The van der Waals surface area contributed by atoms with Crippen LogP contribution < -0.4 is 20.9 Å². The van der Waals surface area contributed by atoms with Crippen molar-refractivity contribution in [2.45, 2.75) is 78.4 Å². The number of nitrogens with two attached hydrogens (primary N) is 2. The van der Waals surface area contributed by atoms with Gasteiger partial charge >= 0.3 is 0 Å². The van der Waals surface area contributed by atoms with Gasteiger partial charge in [-0.3, -0.25) is 0 Å². The second-order valence-electron chi connectivity index (χ2n) is 7.61. The van der Waals surface area contributed by atoms with Crippen molar-refractivity contribution >= 4 is 11.4 Å². The molecule has 1 unspecified atom stereocenters. The summed E-state index contributed by atoms with van der Waals surface area (Å²) in [6.45, 7) is 6.22. The molecule has 2 aromatic rings. The number of hydrogen-bond donors (Lipinski definition) is 2. The first-order valence-electron chi connectivity index (χ1n) is 10.5. The Kier molecular flexibility index (Phi) is 8.99. The number of hydrogen-bond acceptors (Lipinski definition) is 4. The minimum atomic E-state index is -0.347. The third kappa shape index (κ3) is 7.34. The maximum atomic E-state index is 6.15. The molecule has 0 aliphatic heterocycles. The van der Waals surface area contributed by atoms with E-state index in [1.807, 2.05) is 50.2 Å². The standard InChI is InChI=1S/C24H36N2O2/c1-4-5-6-7-8-9-10-11-24(27-20-14-15-22(25)19(3)16-20)28-21-13-12-18(2)23(26)17-21/h12-17,24H,4-11,25-26H2,1-3H3. The molecule has 0 fully saturated rings. The average molecular weight is 385 g/mol. The van der Waals surface area contributed by atoms with E-state index in [-0.39, 0.29) is 6.29 Å². The molecule has 0 amide bonds. The molecule has 2 rings (SSSR count). The third-order valence-electron chi connectivity index (χ3n) is 5.07. The topological polar surface area (TPSA) is 70.5 Å². The molecule has 0 heterocycles. The predicted molar refractivity (Wildman–Crippen MR) is 119 cm³/mol. The van der Waals surface area contributed by atoms with Crippen LogP contribution in [0.2, 0.25) is 0 Å². The van der Waals surface area contributed by atoms with Crippen LogP contribution in [0.15, 0.2) is 36.4 Å². The number of rotatable bonds is 12. The largest absolute Gasteiger partial charge is 0.455 e. The molecule has 28 heavy (non-hydrogen) atoms. The summed E-state index contributed by atoms with van der Waals surface area (Å²) in [5.74, 6) is 1.52. The molecule has 0 aliphatic rings. The molecule has 0 saturated carbocycles. The molecular formula is C24H36N2O2. The van der Waals surface area contributed by atoms with Crippen LogP contribution >= 0.6 is 0 Å². The lowest BCUT2D eigenvalue weighted by Crippen LogP contribution is -2.24. The highest BCUT2D eigenvalue weighted by atomic mass is 16.7. The van der Waals surface area contributed by atoms with Gasteiger partial charge in [0.1, 0.15) is 11.5 Å². The summed E-state index contributed by atoms with van der Waals surface area (Å²) in [6.07, 6.45) is 9.30. The van der Waals surface area contributed by atoms with E-state index in [4.69, 9.17) is 20.9 Å². The molecule has 4 heteroatoms. The molecule has 1 atom stereocenters. The Morgan fingerprint density at radius 2 is 1.32 bits per heavy atom. The molecular weight excluding hydrogens is 348 g/mol. The second kappa shape index (κ2) is 11.5. The Bertz CT molecular complexity index is 677. The van der Waals surface area contributed by atoms with Gasteiger partial charge in [0.2, 0.25) is 6.29 Å². The van der Waals surface area contributed by atoms with E-state index in [0.717, 1.165) is 46.8 Å². The highest BCUT2D eigenvalue weighted by molar-refractivity contribution is 5.51. The van der Waals surface area contributed by atoms with Gasteiger partial charge in [-0.25, -0.2) is 0 Å². The van der Waals surface area contributed by atoms with E-state index in [1.165, 1.54) is 38.5 Å². The van der Waals surface area contributed by atoms with Crippen molar-refractivity contribution in [1.82, 2.24) is 0 Å². The summed E-state index contributed by atoms with van der Waals surface area (Å²) < 4.78 is 12.3. The first-order valence-corrected chi connectivity index (χ1v) is 10.5. The maximum Gasteiger partial charge on any atom is 0.241 e. The monoisotopic (exact) mass is 384 g/mol. The fourth-order valence-corrected chi connectivity index (χ4v) is 3.13. The van der Waals surface area contributed by atoms with E-state index < -0.39 is 0 Å². The minimum Gasteiger partial charge on any atom is -0.455 e. The van der Waals surface area contributed by atoms with Crippen LogP contribution in [0.3, 0.4) is 0 Å². The summed E-state index contributed by atoms with van der Waals surface area (Å²) in [7, 11) is 0. The van der Waals surface area contributed by atoms with Crippen LogP contribution in [0.25, 0.3) is 0 Å². The number of anilines is 2. The van der Waals surface area contributed by atoms with Crippen LogP contribution in [-0.2, 0) is 0 Å². The molecule has 0 saturated heterocycles. The van der Waals surface area contributed by atoms with Gasteiger partial charge in [0, 0.05) is 23.9 Å². The van der Waals surface area contributed by atoms with E-state index in [0.29, 0.717) is 0 Å². The molecule has 0 radical (unpaired) electrons. The van der Waals surface area contributed by atoms with Gasteiger partial charge in [-0.15, -0.1) is 0 Å². The fourth-order valence-electron chi connectivity index (χ4n) is 3.13. The van der Waals surface area contributed by atoms with E-state index in [2.05, 4.69) is 6.92 Å². The zero-order chi connectivity index (χ0) is 20.4. The fraction of sp³-hybridized carbons (Fsp3) is 0.500. The SMILES string of the molecule is CCCCCCCCCC(Oc1ccc(N)c(C)c1)Oc1ccc(C)c(N)c1. The van der Waals surface area contributed by atoms with E-state index in [9.17, 15) is 0 Å². The Hall–Kier alpha value is -2.36. The quantitative estimate of drug-likeness (QED) is 0.252. The molecule has 154 valence electrons. The summed E-state index contributed by atoms with van der Waals surface area (Å²) >= 11 is 0. The lowest BCUT2D eigenvalue weighted by atomic mass is 10.1. The number of ether oxygens (including phenoxy) is 2. The molecule has 0 aromatic heterocycles. The number of unbranched alkanes of at least 4 members (excludes halogenated alkanes) is 6. The van der Waals surface area contributed by atoms with E-state index in [1.54, 1.807) is 0 Å². The van der Waals surface area contributed by atoms with Crippen LogP contribution in [0.5, 0.6) is 11.5 Å². The Labute approximate surface area is 170 Å². The summed E-state index contributed by atoms with van der Waals surface area (Å²) in [6, 6.07) is 11.5. The van der Waals surface area contributed by atoms with Crippen LogP contribution in [-0.4, -0.2) is 6.29 Å². The Morgan fingerprint density at radius 1 is 0.714 bits per heavy atom. The Balaban J connectivity index is 1.95. The maximum absolute atomic E-state index is 6.15. The lowest BCUT2D eigenvalue weighted by Gasteiger charge is -2.21. The van der Waals surface area contributed by atoms with Gasteiger partial charge in [-0.2, -0.15) is 0 Å². The van der Waals surface area contributed by atoms with Gasteiger partial charge in [-0.05, 0) is 55.7 Å². The van der Waals surface area contributed by atoms with Crippen molar-refractivity contribution in [2.75, 3.05) is 11.5 Å². The van der Waals surface area contributed by atoms with Gasteiger partial charge in [0.15, 0.2) is 0 Å². The first kappa shape index (κ1) is 21.9. The Morgan fingerprint density at radius 3 is 1.96 bits per heavy atom. The summed E-state index contributed by atoms with van der Waals surface area (Å²) in [5.41, 5.74) is 15.5. The normalized spacial score (nSPS) is 12.0. The molecule has 0 bridgehead atoms. The average Bonchev–Trinajstić information content (AvgIpc) is 2.67. The van der Waals surface area contributed by atoms with Gasteiger partial charge in [0.25, 0.3) is 0 Å². The number of nitrogen functional groups attached to an aromatic ring is 2. The minimum absolute atomic E-state index is 0.347. The van der Waals surface area contributed by atoms with Crippen molar-refractivity contribution < 1.29 is 9.47 Å².